The molecule has 8 heteroatoms. The predicted molar refractivity (Wildman–Crippen MR) is 190 cm³/mol. The van der Waals surface area contributed by atoms with Crippen LogP contribution in [-0.4, -0.2) is 50.4 Å². The maximum atomic E-state index is 14.4. The van der Waals surface area contributed by atoms with E-state index < -0.39 is 5.54 Å². The van der Waals surface area contributed by atoms with Gasteiger partial charge in [0.25, 0.3) is 5.91 Å². The number of benzene rings is 4. The first-order chi connectivity index (χ1) is 22.9. The number of amides is 1. The predicted octanol–water partition coefficient (Wildman–Crippen LogP) is 7.74. The summed E-state index contributed by atoms with van der Waals surface area (Å²) in [6.45, 7) is 12.0. The Kier molecular flexibility index (Phi) is 8.73. The van der Waals surface area contributed by atoms with Gasteiger partial charge in [0.05, 0.1) is 12.3 Å². The molecule has 238 valence electrons. The molecule has 4 aromatic rings. The van der Waals surface area contributed by atoms with Gasteiger partial charge >= 0.3 is 0 Å². The fraction of sp³-hybridized carbons (Fsp3) is 0.256. The fourth-order valence-electron chi connectivity index (χ4n) is 6.80. The molecule has 1 spiro atoms. The van der Waals surface area contributed by atoms with Crippen LogP contribution in [-0.2, 0) is 5.54 Å². The van der Waals surface area contributed by atoms with Crippen molar-refractivity contribution < 1.29 is 9.53 Å². The molecule has 0 saturated carbocycles. The Morgan fingerprint density at radius 1 is 0.787 bits per heavy atom. The van der Waals surface area contributed by atoms with Gasteiger partial charge in [0, 0.05) is 97.0 Å². The average molecular weight is 625 g/mol. The van der Waals surface area contributed by atoms with Crippen molar-refractivity contribution in [1.29, 1.82) is 5.26 Å². The van der Waals surface area contributed by atoms with Crippen molar-refractivity contribution >= 4 is 29.2 Å². The van der Waals surface area contributed by atoms with E-state index in [0.717, 1.165) is 65.5 Å². The zero-order valence-corrected chi connectivity index (χ0v) is 27.6. The lowest BCUT2D eigenvalue weighted by atomic mass is 9.75. The molecule has 6 rings (SSSR count). The summed E-state index contributed by atoms with van der Waals surface area (Å²) in [6.07, 6.45) is 4.89. The number of nitrogens with zero attached hydrogens (tertiary/aromatic N) is 6. The maximum absolute atomic E-state index is 14.4. The lowest BCUT2D eigenvalue weighted by Gasteiger charge is -2.42. The van der Waals surface area contributed by atoms with Gasteiger partial charge in [-0.15, -0.1) is 0 Å². The molecule has 0 unspecified atom stereocenters. The molecular weight excluding hydrogens is 584 g/mol. The Labute approximate surface area is 277 Å². The molecule has 0 aliphatic carbocycles. The van der Waals surface area contributed by atoms with Crippen molar-refractivity contribution in [2.24, 2.45) is 5.10 Å². The van der Waals surface area contributed by atoms with Crippen molar-refractivity contribution in [1.82, 2.24) is 5.01 Å². The average Bonchev–Trinajstić information content (AvgIpc) is 3.35. The van der Waals surface area contributed by atoms with E-state index in [1.54, 1.807) is 17.4 Å². The van der Waals surface area contributed by atoms with Crippen molar-refractivity contribution in [2.45, 2.75) is 33.2 Å². The molecule has 2 aliphatic heterocycles. The molecule has 1 amide bonds. The summed E-state index contributed by atoms with van der Waals surface area (Å²) in [6, 6.07) is 30.3. The first-order valence-electron chi connectivity index (χ1n) is 16.2. The third-order valence-corrected chi connectivity index (χ3v) is 9.24. The molecule has 8 nitrogen and oxygen atoms in total. The van der Waals surface area contributed by atoms with E-state index in [0.29, 0.717) is 17.1 Å². The highest BCUT2D eigenvalue weighted by molar-refractivity contribution is 6.03. The number of allylic oxidation sites excluding steroid dienone is 1. The zero-order valence-electron chi connectivity index (χ0n) is 27.6. The maximum Gasteiger partial charge on any atom is 0.275 e. The number of hydrogen-bond donors (Lipinski definition) is 0. The summed E-state index contributed by atoms with van der Waals surface area (Å²) in [5.41, 5.74) is 6.08. The molecule has 0 saturated heterocycles. The Bertz CT molecular complexity index is 1820. The van der Waals surface area contributed by atoms with E-state index in [-0.39, 0.29) is 5.91 Å². The van der Waals surface area contributed by atoms with Crippen molar-refractivity contribution in [2.75, 3.05) is 47.9 Å². The highest BCUT2D eigenvalue weighted by Crippen LogP contribution is 2.58. The Hall–Kier alpha value is -5.55. The number of anilines is 3. The van der Waals surface area contributed by atoms with Crippen molar-refractivity contribution in [3.63, 3.8) is 0 Å². The first kappa shape index (κ1) is 31.4. The molecule has 47 heavy (non-hydrogen) atoms. The Morgan fingerprint density at radius 3 is 1.89 bits per heavy atom. The molecule has 0 radical (unpaired) electrons. The van der Waals surface area contributed by atoms with Gasteiger partial charge in [0.15, 0.2) is 0 Å². The standard InChI is InChI=1S/C39H40N6O2/c1-6-43(7-2)30-19-21-34-36(25-30)47-37-26-31(44(8-3)9-4)20-22-35(37)39(34)33-14-11-10-13-32(33)38(46)45(39)41-27-28-15-17-29(18-16-28)42(5)24-12-23-40/h10-22,24-27H,6-9H2,1-5H3/b24-12+,41-27?. The van der Waals surface area contributed by atoms with Crippen LogP contribution in [0.5, 0.6) is 11.5 Å². The van der Waals surface area contributed by atoms with Gasteiger partial charge in [0.1, 0.15) is 17.0 Å². The highest BCUT2D eigenvalue weighted by Gasteiger charge is 2.57. The number of ether oxygens (including phenoxy) is 1. The van der Waals surface area contributed by atoms with E-state index >= 15 is 0 Å². The van der Waals surface area contributed by atoms with Gasteiger partial charge in [-0.05, 0) is 63.6 Å². The van der Waals surface area contributed by atoms with E-state index in [9.17, 15) is 4.79 Å². The van der Waals surface area contributed by atoms with E-state index in [4.69, 9.17) is 15.1 Å². The van der Waals surface area contributed by atoms with Crippen LogP contribution < -0.4 is 19.4 Å². The lowest BCUT2D eigenvalue weighted by molar-refractivity contribution is 0.0675. The molecule has 4 aromatic carbocycles. The summed E-state index contributed by atoms with van der Waals surface area (Å²) >= 11 is 0. The van der Waals surface area contributed by atoms with E-state index in [1.807, 2.05) is 66.5 Å². The quantitative estimate of drug-likeness (QED) is 0.133. The van der Waals surface area contributed by atoms with Crippen LogP contribution in [0.4, 0.5) is 17.1 Å². The summed E-state index contributed by atoms with van der Waals surface area (Å²) in [4.78, 5) is 20.9. The summed E-state index contributed by atoms with van der Waals surface area (Å²) in [5.74, 6) is 1.25. The number of carbonyl (C=O) groups excluding carboxylic acids is 1. The SMILES string of the molecule is CCN(CC)c1ccc2c(c1)Oc1cc(N(CC)CC)ccc1C21c2ccccc2C(=O)N1N=Cc1ccc(N(C)/C=C/C#N)cc1. The number of rotatable bonds is 10. The highest BCUT2D eigenvalue weighted by atomic mass is 16.5. The Balaban J connectivity index is 1.55. The summed E-state index contributed by atoms with van der Waals surface area (Å²) in [5, 5.41) is 15.5. The monoisotopic (exact) mass is 624 g/mol. The molecule has 0 atom stereocenters. The van der Waals surface area contributed by atoms with Crippen LogP contribution in [0.3, 0.4) is 0 Å². The summed E-state index contributed by atoms with van der Waals surface area (Å²) < 4.78 is 6.78. The number of carbonyl (C=O) groups is 1. The smallest absolute Gasteiger partial charge is 0.275 e. The fourth-order valence-corrected chi connectivity index (χ4v) is 6.80. The van der Waals surface area contributed by atoms with Crippen LogP contribution in [0.25, 0.3) is 0 Å². The largest absolute Gasteiger partial charge is 0.456 e. The molecule has 2 heterocycles. The van der Waals surface area contributed by atoms with Crippen LogP contribution in [0.1, 0.15) is 60.3 Å². The lowest BCUT2D eigenvalue weighted by Crippen LogP contribution is -2.44. The minimum absolute atomic E-state index is 0.172. The molecule has 0 aromatic heterocycles. The molecule has 0 bridgehead atoms. The van der Waals surface area contributed by atoms with Gasteiger partial charge in [-0.2, -0.15) is 10.4 Å². The van der Waals surface area contributed by atoms with E-state index in [1.165, 1.54) is 6.08 Å². The minimum Gasteiger partial charge on any atom is -0.456 e. The Morgan fingerprint density at radius 2 is 1.34 bits per heavy atom. The van der Waals surface area contributed by atoms with Crippen LogP contribution in [0, 0.1) is 11.3 Å². The van der Waals surface area contributed by atoms with Crippen LogP contribution in [0.15, 0.2) is 102 Å². The van der Waals surface area contributed by atoms with Gasteiger partial charge in [0.2, 0.25) is 0 Å². The number of hydrogen-bond acceptors (Lipinski definition) is 7. The third kappa shape index (κ3) is 5.28. The number of fused-ring (bicyclic) bond motifs is 6. The van der Waals surface area contributed by atoms with Crippen molar-refractivity contribution in [3.05, 3.63) is 125 Å². The summed E-state index contributed by atoms with van der Waals surface area (Å²) in [7, 11) is 1.89. The molecule has 0 N–H and O–H groups in total. The van der Waals surface area contributed by atoms with Crippen LogP contribution in [0.2, 0.25) is 0 Å². The number of hydrazone groups is 1. The minimum atomic E-state index is -1.04. The third-order valence-electron chi connectivity index (χ3n) is 9.24. The zero-order chi connectivity index (χ0) is 33.1. The van der Waals surface area contributed by atoms with Crippen LogP contribution >= 0.6 is 0 Å². The van der Waals surface area contributed by atoms with Gasteiger partial charge in [-0.25, -0.2) is 5.01 Å². The van der Waals surface area contributed by atoms with Gasteiger partial charge < -0.3 is 19.4 Å². The second kappa shape index (κ2) is 13.1. The molecule has 2 aliphatic rings. The van der Waals surface area contributed by atoms with E-state index in [2.05, 4.69) is 73.9 Å². The second-order valence-electron chi connectivity index (χ2n) is 11.6. The number of nitriles is 1. The topological polar surface area (TPSA) is 75.4 Å². The molecular formula is C39H40N6O2. The second-order valence-corrected chi connectivity index (χ2v) is 11.6. The van der Waals surface area contributed by atoms with Crippen molar-refractivity contribution in [3.8, 4) is 17.6 Å². The van der Waals surface area contributed by atoms with Gasteiger partial charge in [-0.1, -0.05) is 42.5 Å². The van der Waals surface area contributed by atoms with Gasteiger partial charge in [-0.3, -0.25) is 4.79 Å². The molecule has 0 fully saturated rings. The first-order valence-corrected chi connectivity index (χ1v) is 16.2. The normalized spacial score (nSPS) is 14.1.